The Morgan fingerprint density at radius 1 is 1.21 bits per heavy atom. The van der Waals surface area contributed by atoms with Crippen LogP contribution in [0.1, 0.15) is 42.3 Å². The van der Waals surface area contributed by atoms with Crippen LogP contribution in [0, 0.1) is 0 Å². The van der Waals surface area contributed by atoms with Gasteiger partial charge in [-0.25, -0.2) is 0 Å². The van der Waals surface area contributed by atoms with Crippen molar-refractivity contribution in [3.8, 4) is 5.75 Å². The molecule has 2 atom stereocenters. The summed E-state index contributed by atoms with van der Waals surface area (Å²) in [6, 6.07) is 15.7. The standard InChI is InChI=1S/C23H27N3O3/c1-29-17-8-6-7-16(13-17)21(26-11-4-5-12-26)15-24-23(28)19-14-22(27)25-20-10-3-2-9-18(19)20/h2-3,6-10,13,19,21H,4-5,11-12,14-15H2,1H3,(H,24,28)(H,25,27). The summed E-state index contributed by atoms with van der Waals surface area (Å²) in [5, 5.41) is 5.98. The van der Waals surface area contributed by atoms with Gasteiger partial charge in [-0.1, -0.05) is 30.3 Å². The Bertz CT molecular complexity index is 892. The fourth-order valence-corrected chi connectivity index (χ4v) is 4.33. The van der Waals surface area contributed by atoms with Crippen LogP contribution in [-0.2, 0) is 9.59 Å². The monoisotopic (exact) mass is 393 g/mol. The van der Waals surface area contributed by atoms with Crippen molar-refractivity contribution in [3.05, 3.63) is 59.7 Å². The van der Waals surface area contributed by atoms with Crippen molar-refractivity contribution in [1.29, 1.82) is 0 Å². The smallest absolute Gasteiger partial charge is 0.228 e. The van der Waals surface area contributed by atoms with Gasteiger partial charge in [-0.3, -0.25) is 14.5 Å². The van der Waals surface area contributed by atoms with E-state index in [9.17, 15) is 9.59 Å². The van der Waals surface area contributed by atoms with Gasteiger partial charge in [-0.05, 0) is 55.3 Å². The number of para-hydroxylation sites is 1. The van der Waals surface area contributed by atoms with Gasteiger partial charge in [0, 0.05) is 18.7 Å². The molecule has 6 heteroatoms. The second kappa shape index (κ2) is 8.66. The van der Waals surface area contributed by atoms with Gasteiger partial charge in [-0.2, -0.15) is 0 Å². The zero-order chi connectivity index (χ0) is 20.2. The molecule has 2 amide bonds. The van der Waals surface area contributed by atoms with Crippen LogP contribution in [0.3, 0.4) is 0 Å². The van der Waals surface area contributed by atoms with E-state index in [2.05, 4.69) is 21.6 Å². The summed E-state index contributed by atoms with van der Waals surface area (Å²) in [5.74, 6) is 0.146. The zero-order valence-electron chi connectivity index (χ0n) is 16.7. The van der Waals surface area contributed by atoms with Crippen LogP contribution in [0.25, 0.3) is 0 Å². The first-order valence-electron chi connectivity index (χ1n) is 10.2. The van der Waals surface area contributed by atoms with Gasteiger partial charge in [0.05, 0.1) is 19.1 Å². The normalized spacial score (nSPS) is 19.9. The Morgan fingerprint density at radius 2 is 2.00 bits per heavy atom. The van der Waals surface area contributed by atoms with Gasteiger partial charge in [0.2, 0.25) is 11.8 Å². The Hall–Kier alpha value is -2.86. The first-order chi connectivity index (χ1) is 14.2. The van der Waals surface area contributed by atoms with Gasteiger partial charge in [0.1, 0.15) is 5.75 Å². The van der Waals surface area contributed by atoms with Crippen LogP contribution < -0.4 is 15.4 Å². The predicted molar refractivity (Wildman–Crippen MR) is 112 cm³/mol. The molecule has 2 unspecified atom stereocenters. The number of hydrogen-bond acceptors (Lipinski definition) is 4. The minimum Gasteiger partial charge on any atom is -0.497 e. The summed E-state index contributed by atoms with van der Waals surface area (Å²) < 4.78 is 5.39. The summed E-state index contributed by atoms with van der Waals surface area (Å²) in [4.78, 5) is 27.5. The van der Waals surface area contributed by atoms with E-state index in [0.29, 0.717) is 6.54 Å². The summed E-state index contributed by atoms with van der Waals surface area (Å²) in [6.07, 6.45) is 2.52. The van der Waals surface area contributed by atoms with Crippen LogP contribution in [0.15, 0.2) is 48.5 Å². The fraction of sp³-hybridized carbons (Fsp3) is 0.391. The summed E-state index contributed by atoms with van der Waals surface area (Å²) in [5.41, 5.74) is 2.74. The SMILES string of the molecule is COc1cccc(C(CNC(=O)C2CC(=O)Nc3ccccc32)N2CCCC2)c1. The number of benzene rings is 2. The molecule has 2 heterocycles. The molecule has 0 aromatic heterocycles. The highest BCUT2D eigenvalue weighted by Gasteiger charge is 2.31. The Labute approximate surface area is 171 Å². The molecule has 0 saturated carbocycles. The van der Waals surface area contributed by atoms with Crippen LogP contribution in [0.2, 0.25) is 0 Å². The minimum atomic E-state index is -0.454. The number of carbonyl (C=O) groups is 2. The number of nitrogens with zero attached hydrogens (tertiary/aromatic N) is 1. The average molecular weight is 393 g/mol. The van der Waals surface area contributed by atoms with Gasteiger partial charge >= 0.3 is 0 Å². The lowest BCUT2D eigenvalue weighted by Crippen LogP contribution is -2.40. The molecule has 2 aliphatic rings. The van der Waals surface area contributed by atoms with E-state index < -0.39 is 5.92 Å². The van der Waals surface area contributed by atoms with Crippen molar-refractivity contribution >= 4 is 17.5 Å². The molecule has 1 fully saturated rings. The van der Waals surface area contributed by atoms with E-state index in [1.807, 2.05) is 42.5 Å². The largest absolute Gasteiger partial charge is 0.497 e. The lowest BCUT2D eigenvalue weighted by molar-refractivity contribution is -0.126. The fourth-order valence-electron chi connectivity index (χ4n) is 4.33. The number of ether oxygens (including phenoxy) is 1. The summed E-state index contributed by atoms with van der Waals surface area (Å²) in [7, 11) is 1.66. The molecule has 0 spiro atoms. The molecule has 2 aliphatic heterocycles. The topological polar surface area (TPSA) is 70.7 Å². The van der Waals surface area contributed by atoms with Crippen LogP contribution >= 0.6 is 0 Å². The molecule has 1 saturated heterocycles. The van der Waals surface area contributed by atoms with E-state index in [1.54, 1.807) is 7.11 Å². The van der Waals surface area contributed by atoms with Crippen molar-refractivity contribution in [1.82, 2.24) is 10.2 Å². The highest BCUT2D eigenvalue weighted by atomic mass is 16.5. The molecule has 0 radical (unpaired) electrons. The summed E-state index contributed by atoms with van der Waals surface area (Å²) in [6.45, 7) is 2.55. The third-order valence-electron chi connectivity index (χ3n) is 5.85. The van der Waals surface area contributed by atoms with Crippen molar-refractivity contribution in [2.75, 3.05) is 32.1 Å². The Balaban J connectivity index is 1.51. The number of nitrogens with one attached hydrogen (secondary N) is 2. The number of amides is 2. The Kier molecular flexibility index (Phi) is 5.81. The third-order valence-corrected chi connectivity index (χ3v) is 5.85. The highest BCUT2D eigenvalue weighted by molar-refractivity contribution is 6.01. The maximum Gasteiger partial charge on any atom is 0.228 e. The molecule has 29 heavy (non-hydrogen) atoms. The van der Waals surface area contributed by atoms with E-state index in [1.165, 1.54) is 12.8 Å². The first-order valence-corrected chi connectivity index (χ1v) is 10.2. The molecule has 152 valence electrons. The Morgan fingerprint density at radius 3 is 2.79 bits per heavy atom. The molecule has 6 nitrogen and oxygen atoms in total. The first kappa shape index (κ1) is 19.5. The number of fused-ring (bicyclic) bond motifs is 1. The average Bonchev–Trinajstić information content (AvgIpc) is 3.28. The van der Waals surface area contributed by atoms with Gasteiger partial charge in [0.15, 0.2) is 0 Å². The highest BCUT2D eigenvalue weighted by Crippen LogP contribution is 2.32. The second-order valence-electron chi connectivity index (χ2n) is 7.67. The van der Waals surface area contributed by atoms with Crippen molar-refractivity contribution in [3.63, 3.8) is 0 Å². The van der Waals surface area contributed by atoms with Crippen LogP contribution in [0.5, 0.6) is 5.75 Å². The molecule has 0 aliphatic carbocycles. The molecule has 2 N–H and O–H groups in total. The lowest BCUT2D eigenvalue weighted by atomic mass is 9.89. The molecule has 2 aromatic rings. The third kappa shape index (κ3) is 4.27. The number of likely N-dealkylation sites (tertiary alicyclic amines) is 1. The molecule has 0 bridgehead atoms. The number of carbonyl (C=O) groups excluding carboxylic acids is 2. The maximum absolute atomic E-state index is 13.0. The van der Waals surface area contributed by atoms with Gasteiger partial charge < -0.3 is 15.4 Å². The molecular formula is C23H27N3O3. The van der Waals surface area contributed by atoms with Crippen LogP contribution in [-0.4, -0.2) is 43.5 Å². The number of hydrogen-bond donors (Lipinski definition) is 2. The van der Waals surface area contributed by atoms with Crippen molar-refractivity contribution in [2.45, 2.75) is 31.2 Å². The van der Waals surface area contributed by atoms with Gasteiger partial charge in [-0.15, -0.1) is 0 Å². The van der Waals surface area contributed by atoms with E-state index in [0.717, 1.165) is 35.7 Å². The zero-order valence-corrected chi connectivity index (χ0v) is 16.7. The number of methoxy groups -OCH3 is 1. The molecular weight excluding hydrogens is 366 g/mol. The van der Waals surface area contributed by atoms with Crippen molar-refractivity contribution < 1.29 is 14.3 Å². The number of anilines is 1. The lowest BCUT2D eigenvalue weighted by Gasteiger charge is -2.30. The minimum absolute atomic E-state index is 0.0872. The predicted octanol–water partition coefficient (Wildman–Crippen LogP) is 3.07. The van der Waals surface area contributed by atoms with E-state index >= 15 is 0 Å². The second-order valence-corrected chi connectivity index (χ2v) is 7.67. The van der Waals surface area contributed by atoms with E-state index in [-0.39, 0.29) is 24.3 Å². The van der Waals surface area contributed by atoms with Crippen molar-refractivity contribution in [2.24, 2.45) is 0 Å². The number of rotatable bonds is 6. The molecule has 2 aromatic carbocycles. The van der Waals surface area contributed by atoms with Gasteiger partial charge in [0.25, 0.3) is 0 Å². The molecule has 4 rings (SSSR count). The van der Waals surface area contributed by atoms with E-state index in [4.69, 9.17) is 4.74 Å². The van der Waals surface area contributed by atoms with Crippen LogP contribution in [0.4, 0.5) is 5.69 Å². The summed E-state index contributed by atoms with van der Waals surface area (Å²) >= 11 is 0. The quantitative estimate of drug-likeness (QED) is 0.791. The maximum atomic E-state index is 13.0.